The number of ether oxygens (including phenoxy) is 1. The number of aliphatic hydroxyl groups is 2. The Labute approximate surface area is 212 Å². The third-order valence-corrected chi connectivity index (χ3v) is 4.14. The molecule has 1 radical (unpaired) electrons. The molecule has 0 spiro atoms. The van der Waals surface area contributed by atoms with E-state index in [2.05, 4.69) is 88.3 Å². The molecule has 181 valence electrons. The van der Waals surface area contributed by atoms with E-state index in [4.69, 9.17) is 21.1 Å². The maximum atomic E-state index is 8.47. The molecule has 0 unspecified atom stereocenters. The predicted octanol–water partition coefficient (Wildman–Crippen LogP) is 4.77. The van der Waals surface area contributed by atoms with Crippen molar-refractivity contribution in [2.24, 2.45) is 0 Å². The zero-order chi connectivity index (χ0) is 24.3. The average Bonchev–Trinajstić information content (AvgIpc) is 3.25. The van der Waals surface area contributed by atoms with Gasteiger partial charge in [0, 0.05) is 46.9 Å². The Kier molecular flexibility index (Phi) is 16.2. The first-order valence-corrected chi connectivity index (χ1v) is 10.4. The summed E-state index contributed by atoms with van der Waals surface area (Å²) in [6.45, 7) is 5.13. The zero-order valence-electron chi connectivity index (χ0n) is 20.0. The summed E-state index contributed by atoms with van der Waals surface area (Å²) in [5.41, 5.74) is 4.74. The topological polar surface area (TPSA) is 76.6 Å². The van der Waals surface area contributed by atoms with Gasteiger partial charge in [0.1, 0.15) is 19.5 Å². The van der Waals surface area contributed by atoms with Crippen molar-refractivity contribution < 1.29 is 42.6 Å². The van der Waals surface area contributed by atoms with Crippen molar-refractivity contribution in [1.29, 1.82) is 0 Å². The first-order valence-electron chi connectivity index (χ1n) is 11.0. The number of hydrogen-bond donors (Lipinski definition) is 2. The second kappa shape index (κ2) is 18.9. The molecular formula is C26H35IrN2O4+. The number of aromatic nitrogens is 2. The molecule has 7 heteroatoms. The second-order valence-electron chi connectivity index (χ2n) is 6.25. The number of fused-ring (bicyclic) bond motifs is 1. The molecule has 2 N–H and O–H groups in total. The third kappa shape index (κ3) is 9.78. The molecule has 6 nitrogen and oxygen atoms in total. The maximum Gasteiger partial charge on any atom is 0.168 e. The molecule has 4 aromatic rings. The van der Waals surface area contributed by atoms with Crippen molar-refractivity contribution in [2.75, 3.05) is 26.4 Å². The van der Waals surface area contributed by atoms with Crippen LogP contribution >= 0.6 is 0 Å². The molecular weight excluding hydrogens is 597 g/mol. The Morgan fingerprint density at radius 3 is 1.55 bits per heavy atom. The number of para-hydroxylation sites is 4. The maximum absolute atomic E-state index is 8.47. The Balaban J connectivity index is 0. The molecule has 33 heavy (non-hydrogen) atoms. The van der Waals surface area contributed by atoms with Crippen LogP contribution in [0.3, 0.4) is 0 Å². The number of carbonyl (C=O) groups excluding carboxylic acids is 1. The van der Waals surface area contributed by atoms with E-state index in [1.165, 1.54) is 22.4 Å². The van der Waals surface area contributed by atoms with Gasteiger partial charge in [0.05, 0.1) is 13.2 Å². The molecule has 0 aliphatic carbocycles. The molecule has 0 atom stereocenters. The predicted molar refractivity (Wildman–Crippen MR) is 133 cm³/mol. The number of nitrogens with zero attached hydrogens (tertiary/aromatic N) is 2. The van der Waals surface area contributed by atoms with E-state index in [0.29, 0.717) is 13.2 Å². The van der Waals surface area contributed by atoms with E-state index in [0.717, 1.165) is 0 Å². The van der Waals surface area contributed by atoms with Gasteiger partial charge in [0.2, 0.25) is 0 Å². The first-order chi connectivity index (χ1) is 16.2. The Bertz CT molecular complexity index is 958. The quantitative estimate of drug-likeness (QED) is 0.245. The molecule has 0 amide bonds. The zero-order valence-corrected chi connectivity index (χ0v) is 21.4. The summed E-state index contributed by atoms with van der Waals surface area (Å²) >= 11 is 0. The molecule has 1 heterocycles. The fourth-order valence-corrected chi connectivity index (χ4v) is 2.91. The van der Waals surface area contributed by atoms with Crippen LogP contribution in [0.2, 0.25) is 0 Å². The fourth-order valence-electron chi connectivity index (χ4n) is 2.91. The van der Waals surface area contributed by atoms with Crippen molar-refractivity contribution in [1.82, 2.24) is 9.13 Å². The Morgan fingerprint density at radius 2 is 1.24 bits per heavy atom. The van der Waals surface area contributed by atoms with Crippen molar-refractivity contribution in [3.05, 3.63) is 91.3 Å². The summed E-state index contributed by atoms with van der Waals surface area (Å²) in [5, 5.41) is 15.6. The van der Waals surface area contributed by atoms with Gasteiger partial charge in [-0.15, -0.1) is 0 Å². The minimum absolute atomic E-state index is 0. The van der Waals surface area contributed by atoms with E-state index in [1.54, 1.807) is 6.92 Å². The summed E-state index contributed by atoms with van der Waals surface area (Å²) in [4.78, 5) is 8.47. The number of carbonyl (C=O) groups is 1. The van der Waals surface area contributed by atoms with Gasteiger partial charge in [0.15, 0.2) is 17.4 Å². The van der Waals surface area contributed by atoms with Gasteiger partial charge < -0.3 is 19.7 Å². The molecule has 0 saturated heterocycles. The summed E-state index contributed by atoms with van der Waals surface area (Å²) < 4.78 is 14.7. The van der Waals surface area contributed by atoms with Crippen LogP contribution in [0.25, 0.3) is 22.4 Å². The van der Waals surface area contributed by atoms with Crippen LogP contribution in [0.5, 0.6) is 0 Å². The summed E-state index contributed by atoms with van der Waals surface area (Å²) in [6, 6.07) is 29.3. The van der Waals surface area contributed by atoms with E-state index >= 15 is 0 Å². The number of benzene rings is 3. The van der Waals surface area contributed by atoms with E-state index in [1.807, 2.05) is 19.1 Å². The average molecular weight is 634 g/mol. The molecule has 0 bridgehead atoms. The smallest absolute Gasteiger partial charge is 0.168 e. The second-order valence-corrected chi connectivity index (χ2v) is 6.25. The van der Waals surface area contributed by atoms with E-state index in [-0.39, 0.29) is 41.5 Å². The molecule has 0 aliphatic rings. The molecule has 1 aromatic heterocycles. The van der Waals surface area contributed by atoms with Gasteiger partial charge in [-0.25, -0.2) is 0 Å². The molecule has 0 aliphatic heterocycles. The molecule has 0 saturated carbocycles. The van der Waals surface area contributed by atoms with Gasteiger partial charge in [-0.1, -0.05) is 48.5 Å². The minimum Gasteiger partial charge on any atom is -0.397 e. The van der Waals surface area contributed by atoms with E-state index in [9.17, 15) is 0 Å². The number of aliphatic hydroxyl groups excluding tert-OH is 2. The number of hydrogen-bond acceptors (Lipinski definition) is 4. The fraction of sp³-hybridized carbons (Fsp3) is 0.231. The monoisotopic (exact) mass is 634 g/mol. The largest absolute Gasteiger partial charge is 0.397 e. The number of imidazole rings is 1. The standard InChI is InChI=1S/C19H15N2.C4H10O2.C2H6O.CH2O.Ir.H2/c1-3-9-16(10-4-1)20-15-21(17-11-5-2-6-12-17)19-14-8-7-13-18(19)20;1-2-6-4-3-5;1-2-3;1-2;;/h1-15H;5H,2-4H2,1H3;3H,2H2,1H3;1H2;;1H/q+1;;;;;/i;;;1D;;1+1. The van der Waals surface area contributed by atoms with Gasteiger partial charge >= 0.3 is 0 Å². The normalized spacial score (nSPS) is 9.52. The third-order valence-electron chi connectivity index (χ3n) is 4.14. The van der Waals surface area contributed by atoms with Crippen LogP contribution in [-0.4, -0.2) is 52.5 Å². The Hall–Kier alpha value is -2.67. The van der Waals surface area contributed by atoms with Crippen LogP contribution in [-0.2, 0) is 29.6 Å². The van der Waals surface area contributed by atoms with Gasteiger partial charge in [-0.05, 0) is 38.1 Å². The summed E-state index contributed by atoms with van der Waals surface area (Å²) in [6.07, 6.45) is 2.15. The summed E-state index contributed by atoms with van der Waals surface area (Å²) in [7, 11) is 0. The minimum atomic E-state index is 0. The van der Waals surface area contributed by atoms with Gasteiger partial charge in [-0.2, -0.15) is 9.13 Å². The van der Waals surface area contributed by atoms with Crippen LogP contribution in [0, 0.1) is 0 Å². The van der Waals surface area contributed by atoms with Crippen molar-refractivity contribution in [3.63, 3.8) is 0 Å². The molecule has 0 fully saturated rings. The van der Waals surface area contributed by atoms with Crippen LogP contribution in [0.4, 0.5) is 0 Å². The molecule has 3 aromatic carbocycles. The SMILES string of the molecule is CCO.CCOCCO.[2HH].[2H]C=O.[Ir].c1ccc(-n2[cH+]n(-c3ccccc3)c3ccccc32)cc1. The van der Waals surface area contributed by atoms with Crippen molar-refractivity contribution in [3.8, 4) is 11.4 Å². The van der Waals surface area contributed by atoms with Crippen LogP contribution < -0.4 is 0 Å². The first kappa shape index (κ1) is 28.4. The summed E-state index contributed by atoms with van der Waals surface area (Å²) in [5.74, 6) is 0. The Morgan fingerprint density at radius 1 is 0.879 bits per heavy atom. The van der Waals surface area contributed by atoms with E-state index < -0.39 is 0 Å². The van der Waals surface area contributed by atoms with Crippen LogP contribution in [0.1, 0.15) is 16.6 Å². The van der Waals surface area contributed by atoms with Gasteiger partial charge in [0.25, 0.3) is 0 Å². The molecule has 4 rings (SSSR count). The number of rotatable bonds is 5. The van der Waals surface area contributed by atoms with Gasteiger partial charge in [-0.3, -0.25) is 0 Å². The van der Waals surface area contributed by atoms with Crippen molar-refractivity contribution >= 4 is 17.8 Å². The van der Waals surface area contributed by atoms with Crippen LogP contribution in [0.15, 0.2) is 91.3 Å². The van der Waals surface area contributed by atoms with Crippen molar-refractivity contribution in [2.45, 2.75) is 13.8 Å².